The molecule has 11 nitrogen and oxygen atoms in total. The van der Waals surface area contributed by atoms with Crippen molar-refractivity contribution in [2.75, 3.05) is 5.73 Å². The number of aryl methyl sites for hydroxylation is 1. The van der Waals surface area contributed by atoms with Gasteiger partial charge in [0.05, 0.1) is 11.9 Å². The molecule has 2 aromatic heterocycles. The molecule has 162 valence electrons. The third kappa shape index (κ3) is 4.59. The van der Waals surface area contributed by atoms with Crippen molar-refractivity contribution < 1.29 is 18.6 Å². The van der Waals surface area contributed by atoms with Gasteiger partial charge in [-0.3, -0.25) is 4.79 Å². The van der Waals surface area contributed by atoms with Gasteiger partial charge in [-0.1, -0.05) is 17.3 Å². The molecule has 0 atom stereocenters. The first-order valence-electron chi connectivity index (χ1n) is 9.32. The smallest absolute Gasteiger partial charge is 0.292 e. The average Bonchev–Trinajstić information content (AvgIpc) is 3.38. The summed E-state index contributed by atoms with van der Waals surface area (Å²) in [5.74, 6) is -0.253. The SMILES string of the molecule is Cc1nnn(-c2nonc2N)c1C(=O)N/N=C/c1ccc(OCc2cccc(F)c2)cc1. The van der Waals surface area contributed by atoms with Crippen LogP contribution in [0.4, 0.5) is 10.2 Å². The number of rotatable bonds is 7. The first kappa shape index (κ1) is 20.7. The standard InChI is InChI=1S/C20H17FN8O3/c1-12-17(29(28-24-12)19-18(22)26-32-27-19)20(30)25-23-10-13-5-7-16(8-6-13)31-11-14-3-2-4-15(21)9-14/h2-10H,11H2,1H3,(H2,22,26)(H,25,30)/b23-10+. The molecule has 0 radical (unpaired) electrons. The van der Waals surface area contributed by atoms with Crippen molar-refractivity contribution in [1.29, 1.82) is 0 Å². The Morgan fingerprint density at radius 1 is 1.28 bits per heavy atom. The predicted molar refractivity (Wildman–Crippen MR) is 111 cm³/mol. The number of amides is 1. The lowest BCUT2D eigenvalue weighted by atomic mass is 10.2. The number of hydrazone groups is 1. The monoisotopic (exact) mass is 436 g/mol. The number of hydrogen-bond acceptors (Lipinski definition) is 9. The number of aromatic nitrogens is 5. The van der Waals surface area contributed by atoms with Crippen LogP contribution in [-0.4, -0.2) is 37.4 Å². The normalized spacial score (nSPS) is 11.1. The molecule has 0 fully saturated rings. The number of benzene rings is 2. The van der Waals surface area contributed by atoms with Crippen LogP contribution in [-0.2, 0) is 6.61 Å². The molecular formula is C20H17FN8O3. The third-order valence-corrected chi connectivity index (χ3v) is 4.30. The summed E-state index contributed by atoms with van der Waals surface area (Å²) in [6.45, 7) is 1.85. The summed E-state index contributed by atoms with van der Waals surface area (Å²) in [6.07, 6.45) is 1.46. The van der Waals surface area contributed by atoms with Crippen molar-refractivity contribution in [1.82, 2.24) is 30.7 Å². The van der Waals surface area contributed by atoms with Gasteiger partial charge < -0.3 is 10.5 Å². The van der Waals surface area contributed by atoms with E-state index in [1.165, 1.54) is 18.3 Å². The molecule has 0 aliphatic heterocycles. The lowest BCUT2D eigenvalue weighted by Crippen LogP contribution is -2.22. The van der Waals surface area contributed by atoms with Gasteiger partial charge in [-0.05, 0) is 64.8 Å². The fraction of sp³-hybridized carbons (Fsp3) is 0.100. The largest absolute Gasteiger partial charge is 0.489 e. The molecule has 12 heteroatoms. The number of nitrogens with one attached hydrogen (secondary N) is 1. The van der Waals surface area contributed by atoms with Crippen LogP contribution in [0.3, 0.4) is 0 Å². The summed E-state index contributed by atoms with van der Waals surface area (Å²) in [4.78, 5) is 12.6. The van der Waals surface area contributed by atoms with Crippen molar-refractivity contribution in [2.24, 2.45) is 5.10 Å². The fourth-order valence-corrected chi connectivity index (χ4v) is 2.77. The molecule has 4 aromatic rings. The molecule has 4 rings (SSSR count). The van der Waals surface area contributed by atoms with E-state index in [1.54, 1.807) is 43.3 Å². The number of hydrogen-bond donors (Lipinski definition) is 2. The highest BCUT2D eigenvalue weighted by atomic mass is 19.1. The summed E-state index contributed by atoms with van der Waals surface area (Å²) in [7, 11) is 0. The third-order valence-electron chi connectivity index (χ3n) is 4.30. The second-order valence-corrected chi connectivity index (χ2v) is 6.60. The first-order chi connectivity index (χ1) is 15.5. The average molecular weight is 436 g/mol. The summed E-state index contributed by atoms with van der Waals surface area (Å²) < 4.78 is 24.5. The van der Waals surface area contributed by atoms with Gasteiger partial charge in [0.25, 0.3) is 5.91 Å². The van der Waals surface area contributed by atoms with Crippen molar-refractivity contribution in [2.45, 2.75) is 13.5 Å². The highest BCUT2D eigenvalue weighted by Crippen LogP contribution is 2.16. The molecule has 32 heavy (non-hydrogen) atoms. The first-order valence-corrected chi connectivity index (χ1v) is 9.32. The molecule has 3 N–H and O–H groups in total. The van der Waals surface area contributed by atoms with Crippen LogP contribution in [0.15, 0.2) is 58.3 Å². The molecular weight excluding hydrogens is 419 g/mol. The van der Waals surface area contributed by atoms with Crippen molar-refractivity contribution in [3.63, 3.8) is 0 Å². The van der Waals surface area contributed by atoms with Crippen LogP contribution in [0.25, 0.3) is 5.82 Å². The predicted octanol–water partition coefficient (Wildman–Crippen LogP) is 2.02. The topological polar surface area (TPSA) is 146 Å². The van der Waals surface area contributed by atoms with E-state index in [2.05, 4.69) is 35.8 Å². The lowest BCUT2D eigenvalue weighted by Gasteiger charge is -2.06. The highest BCUT2D eigenvalue weighted by Gasteiger charge is 2.22. The van der Waals surface area contributed by atoms with Gasteiger partial charge in [0.1, 0.15) is 18.2 Å². The molecule has 2 heterocycles. The van der Waals surface area contributed by atoms with Crippen molar-refractivity contribution in [3.8, 4) is 11.6 Å². The summed E-state index contributed by atoms with van der Waals surface area (Å²) >= 11 is 0. The molecule has 2 aromatic carbocycles. The zero-order chi connectivity index (χ0) is 22.5. The van der Waals surface area contributed by atoms with E-state index in [1.807, 2.05) is 0 Å². The Hall–Kier alpha value is -4.61. The number of nitrogens with zero attached hydrogens (tertiary/aromatic N) is 6. The number of ether oxygens (including phenoxy) is 1. The maximum Gasteiger partial charge on any atom is 0.292 e. The molecule has 0 aliphatic rings. The molecule has 0 saturated heterocycles. The van der Waals surface area contributed by atoms with E-state index in [9.17, 15) is 9.18 Å². The van der Waals surface area contributed by atoms with E-state index in [-0.39, 0.29) is 29.8 Å². The van der Waals surface area contributed by atoms with Crippen molar-refractivity contribution in [3.05, 3.63) is 76.9 Å². The Morgan fingerprint density at radius 2 is 2.09 bits per heavy atom. The van der Waals surface area contributed by atoms with E-state index in [0.29, 0.717) is 11.4 Å². The number of nitrogens with two attached hydrogens (primary N) is 1. The number of carbonyl (C=O) groups is 1. The van der Waals surface area contributed by atoms with E-state index >= 15 is 0 Å². The lowest BCUT2D eigenvalue weighted by molar-refractivity contribution is 0.0946. The summed E-state index contributed by atoms with van der Waals surface area (Å²) in [5, 5.41) is 18.7. The quantitative estimate of drug-likeness (QED) is 0.330. The van der Waals surface area contributed by atoms with Crippen LogP contribution in [0, 0.1) is 12.7 Å². The van der Waals surface area contributed by atoms with Gasteiger partial charge in [0, 0.05) is 0 Å². The van der Waals surface area contributed by atoms with Gasteiger partial charge in [-0.15, -0.1) is 5.10 Å². The van der Waals surface area contributed by atoms with Crippen LogP contribution in [0.1, 0.15) is 27.3 Å². The van der Waals surface area contributed by atoms with Gasteiger partial charge in [0.2, 0.25) is 11.6 Å². The van der Waals surface area contributed by atoms with Crippen LogP contribution in [0.2, 0.25) is 0 Å². The number of carbonyl (C=O) groups excluding carboxylic acids is 1. The Kier molecular flexibility index (Phi) is 5.83. The van der Waals surface area contributed by atoms with E-state index in [0.717, 1.165) is 15.8 Å². The minimum atomic E-state index is -0.568. The van der Waals surface area contributed by atoms with Crippen LogP contribution >= 0.6 is 0 Å². The second-order valence-electron chi connectivity index (χ2n) is 6.60. The Morgan fingerprint density at radius 3 is 2.81 bits per heavy atom. The fourth-order valence-electron chi connectivity index (χ4n) is 2.77. The van der Waals surface area contributed by atoms with Gasteiger partial charge in [0.15, 0.2) is 5.69 Å². The Labute approximate surface area is 180 Å². The van der Waals surface area contributed by atoms with Crippen LogP contribution < -0.4 is 15.9 Å². The maximum absolute atomic E-state index is 13.2. The molecule has 0 spiro atoms. The van der Waals surface area contributed by atoms with Gasteiger partial charge >= 0.3 is 0 Å². The Balaban J connectivity index is 1.37. The number of halogens is 1. The minimum absolute atomic E-state index is 0.0350. The molecule has 0 bridgehead atoms. The second kappa shape index (κ2) is 9.04. The minimum Gasteiger partial charge on any atom is -0.489 e. The molecule has 0 aliphatic carbocycles. The zero-order valence-corrected chi connectivity index (χ0v) is 16.8. The Bertz CT molecular complexity index is 1270. The number of anilines is 1. The maximum atomic E-state index is 13.2. The molecule has 0 saturated carbocycles. The summed E-state index contributed by atoms with van der Waals surface area (Å²) in [5.41, 5.74) is 9.94. The summed E-state index contributed by atoms with van der Waals surface area (Å²) in [6, 6.07) is 13.2. The van der Waals surface area contributed by atoms with E-state index < -0.39 is 5.91 Å². The van der Waals surface area contributed by atoms with E-state index in [4.69, 9.17) is 10.5 Å². The van der Waals surface area contributed by atoms with Crippen LogP contribution in [0.5, 0.6) is 5.75 Å². The van der Waals surface area contributed by atoms with Crippen molar-refractivity contribution >= 4 is 17.9 Å². The van der Waals surface area contributed by atoms with Gasteiger partial charge in [-0.25, -0.2) is 14.4 Å². The molecule has 0 unspecified atom stereocenters. The molecule has 1 amide bonds. The van der Waals surface area contributed by atoms with Gasteiger partial charge in [-0.2, -0.15) is 9.78 Å². The zero-order valence-electron chi connectivity index (χ0n) is 16.8. The number of nitrogen functional groups attached to an aromatic ring is 1. The highest BCUT2D eigenvalue weighted by molar-refractivity contribution is 5.94.